The fourth-order valence-electron chi connectivity index (χ4n) is 4.02. The number of ether oxygens (including phenoxy) is 1. The molecule has 0 spiro atoms. The Hall–Kier alpha value is -3.24. The maximum absolute atomic E-state index is 13.4. The van der Waals surface area contributed by atoms with Crippen LogP contribution in [0.2, 0.25) is 0 Å². The van der Waals surface area contributed by atoms with Gasteiger partial charge in [-0.3, -0.25) is 28.8 Å². The quantitative estimate of drug-likeness (QED) is 0.164. The molecule has 0 saturated carbocycles. The second-order valence-electron chi connectivity index (χ2n) is 9.95. The highest BCUT2D eigenvalue weighted by Gasteiger charge is 2.40. The van der Waals surface area contributed by atoms with Crippen molar-refractivity contribution in [2.75, 3.05) is 19.7 Å². The zero-order chi connectivity index (χ0) is 28.1. The van der Waals surface area contributed by atoms with Gasteiger partial charge in [-0.15, -0.1) is 0 Å². The third kappa shape index (κ3) is 10.3. The Morgan fingerprint density at radius 3 is 2.32 bits per heavy atom. The van der Waals surface area contributed by atoms with E-state index in [4.69, 9.17) is 4.74 Å². The SMILES string of the molecule is C=CCOC(=O)CNC(=O)C(=O)C(CCC)NC(=O)[C@@H]1CCCN1C(=O)[C@@H](NC(=O)CC(C)C)C(C)C. The molecule has 208 valence electrons. The van der Waals surface area contributed by atoms with Crippen LogP contribution in [0.3, 0.4) is 0 Å². The van der Waals surface area contributed by atoms with E-state index in [0.29, 0.717) is 25.8 Å². The standard InChI is InChI=1S/C26H42N4O7/c1-7-10-18(23(33)25(35)27-15-21(32)37-13-8-2)28-24(34)19-11-9-12-30(19)26(36)22(17(5)6)29-20(31)14-16(3)4/h8,16-19,22H,2,7,9-15H2,1,3-6H3,(H,27,35)(H,28,34)(H,29,31)/t18?,19-,22-/m0/s1. The minimum absolute atomic E-state index is 0.0210. The van der Waals surface area contributed by atoms with Crippen molar-refractivity contribution in [2.24, 2.45) is 11.8 Å². The van der Waals surface area contributed by atoms with Gasteiger partial charge >= 0.3 is 5.97 Å². The van der Waals surface area contributed by atoms with Gasteiger partial charge in [-0.1, -0.05) is 53.7 Å². The van der Waals surface area contributed by atoms with E-state index in [1.54, 1.807) is 6.92 Å². The Morgan fingerprint density at radius 1 is 1.08 bits per heavy atom. The maximum Gasteiger partial charge on any atom is 0.325 e. The van der Waals surface area contributed by atoms with Gasteiger partial charge in [-0.2, -0.15) is 0 Å². The molecule has 11 nitrogen and oxygen atoms in total. The Labute approximate surface area is 219 Å². The summed E-state index contributed by atoms with van der Waals surface area (Å²) in [7, 11) is 0. The first-order valence-electron chi connectivity index (χ1n) is 12.9. The summed E-state index contributed by atoms with van der Waals surface area (Å²) in [5, 5.41) is 7.63. The lowest BCUT2D eigenvalue weighted by atomic mass is 10.0. The van der Waals surface area contributed by atoms with Crippen molar-refractivity contribution < 1.29 is 33.5 Å². The van der Waals surface area contributed by atoms with Gasteiger partial charge in [0.15, 0.2) is 0 Å². The van der Waals surface area contributed by atoms with Crippen LogP contribution < -0.4 is 16.0 Å². The summed E-state index contributed by atoms with van der Waals surface area (Å²) in [6, 6.07) is -2.70. The number of carbonyl (C=O) groups is 6. The van der Waals surface area contributed by atoms with Crippen molar-refractivity contribution in [1.82, 2.24) is 20.9 Å². The number of hydrogen-bond donors (Lipinski definition) is 3. The van der Waals surface area contributed by atoms with E-state index >= 15 is 0 Å². The minimum Gasteiger partial charge on any atom is -0.460 e. The van der Waals surface area contributed by atoms with Crippen LogP contribution in [-0.4, -0.2) is 78.1 Å². The van der Waals surface area contributed by atoms with Crippen LogP contribution in [0.5, 0.6) is 0 Å². The van der Waals surface area contributed by atoms with E-state index < -0.39 is 48.2 Å². The molecule has 0 radical (unpaired) electrons. The van der Waals surface area contributed by atoms with Gasteiger partial charge in [0.05, 0.1) is 6.04 Å². The van der Waals surface area contributed by atoms with E-state index in [1.807, 2.05) is 27.7 Å². The van der Waals surface area contributed by atoms with Crippen molar-refractivity contribution >= 4 is 35.4 Å². The number of hydrogen-bond acceptors (Lipinski definition) is 7. The third-order valence-corrected chi connectivity index (χ3v) is 5.87. The summed E-state index contributed by atoms with van der Waals surface area (Å²) in [5.41, 5.74) is 0. The molecule has 1 aliphatic rings. The first kappa shape index (κ1) is 31.8. The maximum atomic E-state index is 13.4. The van der Waals surface area contributed by atoms with E-state index in [1.165, 1.54) is 11.0 Å². The lowest BCUT2D eigenvalue weighted by Gasteiger charge is -2.31. The first-order valence-corrected chi connectivity index (χ1v) is 12.9. The summed E-state index contributed by atoms with van der Waals surface area (Å²) < 4.78 is 4.76. The molecule has 0 aliphatic carbocycles. The van der Waals surface area contributed by atoms with Crippen LogP contribution in [0.15, 0.2) is 12.7 Å². The van der Waals surface area contributed by atoms with Gasteiger partial charge in [0, 0.05) is 13.0 Å². The molecule has 37 heavy (non-hydrogen) atoms. The number of rotatable bonds is 15. The van der Waals surface area contributed by atoms with Gasteiger partial charge in [-0.25, -0.2) is 0 Å². The summed E-state index contributed by atoms with van der Waals surface area (Å²) >= 11 is 0. The lowest BCUT2D eigenvalue weighted by Crippen LogP contribution is -2.57. The van der Waals surface area contributed by atoms with E-state index in [9.17, 15) is 28.8 Å². The summed E-state index contributed by atoms with van der Waals surface area (Å²) in [5.74, 6) is -3.79. The van der Waals surface area contributed by atoms with Crippen molar-refractivity contribution in [2.45, 2.75) is 84.8 Å². The number of amides is 4. The molecule has 4 amide bonds. The molecule has 0 aromatic rings. The molecule has 3 atom stereocenters. The zero-order valence-electron chi connectivity index (χ0n) is 22.6. The fraction of sp³-hybridized carbons (Fsp3) is 0.692. The van der Waals surface area contributed by atoms with Crippen LogP contribution in [0.1, 0.15) is 66.7 Å². The molecule has 1 unspecified atom stereocenters. The van der Waals surface area contributed by atoms with Gasteiger partial charge in [0.2, 0.25) is 23.5 Å². The largest absolute Gasteiger partial charge is 0.460 e. The second-order valence-corrected chi connectivity index (χ2v) is 9.95. The Bertz CT molecular complexity index is 856. The average Bonchev–Trinajstić information content (AvgIpc) is 3.33. The van der Waals surface area contributed by atoms with Crippen LogP contribution in [-0.2, 0) is 33.5 Å². The van der Waals surface area contributed by atoms with E-state index in [0.717, 1.165) is 0 Å². The number of Topliss-reactive ketones (excluding diaryl/α,β-unsaturated/α-hetero) is 1. The Morgan fingerprint density at radius 2 is 1.76 bits per heavy atom. The summed E-state index contributed by atoms with van der Waals surface area (Å²) in [6.07, 6.45) is 3.37. The lowest BCUT2D eigenvalue weighted by molar-refractivity contribution is -0.145. The van der Waals surface area contributed by atoms with Crippen molar-refractivity contribution in [3.05, 3.63) is 12.7 Å². The molecule has 0 aromatic carbocycles. The van der Waals surface area contributed by atoms with Gasteiger partial charge in [0.25, 0.3) is 5.91 Å². The van der Waals surface area contributed by atoms with Crippen molar-refractivity contribution in [3.8, 4) is 0 Å². The Balaban J connectivity index is 2.88. The molecule has 3 N–H and O–H groups in total. The number of ketones is 1. The third-order valence-electron chi connectivity index (χ3n) is 5.87. The second kappa shape index (κ2) is 15.8. The van der Waals surface area contributed by atoms with Crippen LogP contribution in [0.4, 0.5) is 0 Å². The average molecular weight is 523 g/mol. The summed E-state index contributed by atoms with van der Waals surface area (Å²) in [6.45, 7) is 12.5. The molecule has 1 heterocycles. The van der Waals surface area contributed by atoms with Crippen LogP contribution in [0, 0.1) is 11.8 Å². The predicted octanol–water partition coefficient (Wildman–Crippen LogP) is 0.864. The zero-order valence-corrected chi connectivity index (χ0v) is 22.6. The normalized spacial score (nSPS) is 16.6. The first-order chi connectivity index (χ1) is 17.4. The molecule has 0 aromatic heterocycles. The fourth-order valence-corrected chi connectivity index (χ4v) is 4.02. The Kier molecular flexibility index (Phi) is 13.6. The van der Waals surface area contributed by atoms with Gasteiger partial charge < -0.3 is 25.6 Å². The smallest absolute Gasteiger partial charge is 0.325 e. The van der Waals surface area contributed by atoms with Crippen LogP contribution >= 0.6 is 0 Å². The molecular formula is C26H42N4O7. The predicted molar refractivity (Wildman–Crippen MR) is 137 cm³/mol. The molecular weight excluding hydrogens is 480 g/mol. The highest BCUT2D eigenvalue weighted by atomic mass is 16.5. The molecule has 0 bridgehead atoms. The minimum atomic E-state index is -1.11. The number of likely N-dealkylation sites (tertiary alicyclic amines) is 1. The van der Waals surface area contributed by atoms with Gasteiger partial charge in [0.1, 0.15) is 25.2 Å². The number of nitrogens with zero attached hydrogens (tertiary/aromatic N) is 1. The van der Waals surface area contributed by atoms with E-state index in [2.05, 4.69) is 22.5 Å². The van der Waals surface area contributed by atoms with Gasteiger partial charge in [-0.05, 0) is 31.1 Å². The number of carbonyl (C=O) groups excluding carboxylic acids is 6. The molecule has 1 saturated heterocycles. The van der Waals surface area contributed by atoms with Crippen LogP contribution in [0.25, 0.3) is 0 Å². The molecule has 11 heteroatoms. The van der Waals surface area contributed by atoms with E-state index in [-0.39, 0.29) is 43.1 Å². The number of esters is 1. The summed E-state index contributed by atoms with van der Waals surface area (Å²) in [4.78, 5) is 76.9. The molecule has 1 fully saturated rings. The topological polar surface area (TPSA) is 151 Å². The number of nitrogens with one attached hydrogen (secondary N) is 3. The molecule has 1 rings (SSSR count). The highest BCUT2D eigenvalue weighted by molar-refractivity contribution is 6.38. The van der Waals surface area contributed by atoms with Crippen molar-refractivity contribution in [3.63, 3.8) is 0 Å². The molecule has 1 aliphatic heterocycles. The highest BCUT2D eigenvalue weighted by Crippen LogP contribution is 2.21. The van der Waals surface area contributed by atoms with Crippen molar-refractivity contribution in [1.29, 1.82) is 0 Å². The monoisotopic (exact) mass is 522 g/mol.